The molecule has 5 heteroatoms. The summed E-state index contributed by atoms with van der Waals surface area (Å²) in [7, 11) is 0. The molecule has 3 aromatic rings. The Morgan fingerprint density at radius 1 is 1.04 bits per heavy atom. The van der Waals surface area contributed by atoms with E-state index in [4.69, 9.17) is 4.74 Å². The number of aryl methyl sites for hydroxylation is 1. The molecule has 0 bridgehead atoms. The molecule has 28 heavy (non-hydrogen) atoms. The van der Waals surface area contributed by atoms with E-state index in [1.54, 1.807) is 0 Å². The monoisotopic (exact) mass is 391 g/mol. The Morgan fingerprint density at radius 3 is 2.54 bits per heavy atom. The highest BCUT2D eigenvalue weighted by atomic mass is 32.2. The number of amides is 1. The first-order valence-electron chi connectivity index (χ1n) is 9.13. The molecule has 4 nitrogen and oxygen atoms in total. The summed E-state index contributed by atoms with van der Waals surface area (Å²) >= 11 is 1.47. The van der Waals surface area contributed by atoms with E-state index in [9.17, 15) is 9.90 Å². The number of ether oxygens (including phenoxy) is 1. The van der Waals surface area contributed by atoms with E-state index in [0.717, 1.165) is 27.3 Å². The van der Waals surface area contributed by atoms with Gasteiger partial charge in [-0.05, 0) is 36.2 Å². The average molecular weight is 391 g/mol. The third-order valence-corrected chi connectivity index (χ3v) is 6.05. The van der Waals surface area contributed by atoms with Gasteiger partial charge < -0.3 is 15.2 Å². The maximum absolute atomic E-state index is 12.4. The number of rotatable bonds is 4. The van der Waals surface area contributed by atoms with Crippen LogP contribution in [0, 0.1) is 6.92 Å². The minimum Gasteiger partial charge on any atom is -0.489 e. The second-order valence-electron chi connectivity index (χ2n) is 6.82. The van der Waals surface area contributed by atoms with Crippen LogP contribution in [0.3, 0.4) is 0 Å². The maximum atomic E-state index is 12.4. The molecule has 0 fully saturated rings. The zero-order chi connectivity index (χ0) is 19.5. The van der Waals surface area contributed by atoms with E-state index in [2.05, 4.69) is 5.32 Å². The number of nitrogens with one attached hydrogen (secondary N) is 1. The van der Waals surface area contributed by atoms with Gasteiger partial charge in [-0.25, -0.2) is 0 Å². The van der Waals surface area contributed by atoms with Crippen molar-refractivity contribution >= 4 is 23.4 Å². The Labute approximate surface area is 168 Å². The van der Waals surface area contributed by atoms with Gasteiger partial charge in [0.2, 0.25) is 0 Å². The molecule has 0 radical (unpaired) electrons. The lowest BCUT2D eigenvalue weighted by Crippen LogP contribution is -2.30. The summed E-state index contributed by atoms with van der Waals surface area (Å²) in [6.07, 6.45) is -1.13. The largest absolute Gasteiger partial charge is 0.489 e. The molecular formula is C23H21NO3S. The number of aliphatic hydroxyl groups excluding tert-OH is 1. The summed E-state index contributed by atoms with van der Waals surface area (Å²) in [5.74, 6) is 0.332. The summed E-state index contributed by atoms with van der Waals surface area (Å²) in [5.41, 5.74) is 3.84. The third kappa shape index (κ3) is 4.06. The Bertz CT molecular complexity index is 973. The molecule has 0 unspecified atom stereocenters. The summed E-state index contributed by atoms with van der Waals surface area (Å²) in [4.78, 5) is 13.3. The van der Waals surface area contributed by atoms with E-state index < -0.39 is 12.0 Å². The quantitative estimate of drug-likeness (QED) is 0.676. The van der Waals surface area contributed by atoms with Crippen LogP contribution in [0.1, 0.15) is 21.9 Å². The maximum Gasteiger partial charge on any atom is 0.254 e. The molecule has 0 saturated carbocycles. The topological polar surface area (TPSA) is 58.6 Å². The molecule has 1 heterocycles. The summed E-state index contributed by atoms with van der Waals surface area (Å²) < 4.78 is 5.92. The highest BCUT2D eigenvalue weighted by Gasteiger charge is 2.32. The van der Waals surface area contributed by atoms with Gasteiger partial charge in [0.05, 0.1) is 10.9 Å². The highest BCUT2D eigenvalue weighted by molar-refractivity contribution is 7.99. The number of hydrogen-bond donors (Lipinski definition) is 2. The standard InChI is InChI=1S/C23H21NO3S/c1-15-7-9-17(10-8-15)22-21(25)23(26)24-19-12-11-18(13-20(19)28-22)27-14-16-5-3-2-4-6-16/h2-13,21-22,25H,14H2,1H3,(H,24,26)/t21-,22+/m0/s1. The molecule has 0 saturated heterocycles. The Balaban J connectivity index is 1.59. The van der Waals surface area contributed by atoms with Crippen LogP contribution in [-0.4, -0.2) is 17.1 Å². The van der Waals surface area contributed by atoms with E-state index >= 15 is 0 Å². The molecule has 1 aliphatic heterocycles. The van der Waals surface area contributed by atoms with Gasteiger partial charge in [0.15, 0.2) is 0 Å². The number of aliphatic hydroxyl groups is 1. The van der Waals surface area contributed by atoms with Crippen molar-refractivity contribution in [1.82, 2.24) is 0 Å². The lowest BCUT2D eigenvalue weighted by Gasteiger charge is -2.19. The summed E-state index contributed by atoms with van der Waals surface area (Å²) in [6, 6.07) is 23.5. The van der Waals surface area contributed by atoms with Gasteiger partial charge in [0, 0.05) is 4.90 Å². The smallest absolute Gasteiger partial charge is 0.254 e. The Kier molecular flexibility index (Phi) is 5.37. The molecule has 1 amide bonds. The Morgan fingerprint density at radius 2 is 1.79 bits per heavy atom. The van der Waals surface area contributed by atoms with Crippen LogP contribution in [0.15, 0.2) is 77.7 Å². The molecule has 3 aromatic carbocycles. The number of thioether (sulfide) groups is 1. The Hall–Kier alpha value is -2.76. The fraction of sp³-hybridized carbons (Fsp3) is 0.174. The van der Waals surface area contributed by atoms with Crippen LogP contribution in [0.5, 0.6) is 5.75 Å². The van der Waals surface area contributed by atoms with Crippen LogP contribution in [0.4, 0.5) is 5.69 Å². The summed E-state index contributed by atoms with van der Waals surface area (Å²) in [6.45, 7) is 2.49. The molecule has 142 valence electrons. The second kappa shape index (κ2) is 8.09. The van der Waals surface area contributed by atoms with Crippen LogP contribution < -0.4 is 10.1 Å². The number of carbonyl (C=O) groups excluding carboxylic acids is 1. The van der Waals surface area contributed by atoms with Gasteiger partial charge in [0.25, 0.3) is 5.91 Å². The number of anilines is 1. The lowest BCUT2D eigenvalue weighted by molar-refractivity contribution is -0.124. The fourth-order valence-electron chi connectivity index (χ4n) is 3.09. The van der Waals surface area contributed by atoms with Crippen LogP contribution >= 0.6 is 11.8 Å². The fourth-order valence-corrected chi connectivity index (χ4v) is 4.34. The predicted molar refractivity (Wildman–Crippen MR) is 112 cm³/mol. The average Bonchev–Trinajstić information content (AvgIpc) is 2.84. The first-order chi connectivity index (χ1) is 13.6. The van der Waals surface area contributed by atoms with Crippen molar-refractivity contribution in [3.05, 3.63) is 89.5 Å². The van der Waals surface area contributed by atoms with E-state index in [1.807, 2.05) is 79.7 Å². The van der Waals surface area contributed by atoms with E-state index in [-0.39, 0.29) is 5.25 Å². The third-order valence-electron chi connectivity index (χ3n) is 4.67. The minimum absolute atomic E-state index is 0.383. The molecule has 0 aromatic heterocycles. The molecule has 0 aliphatic carbocycles. The van der Waals surface area contributed by atoms with Gasteiger partial charge in [-0.2, -0.15) is 0 Å². The number of carbonyl (C=O) groups is 1. The molecule has 2 N–H and O–H groups in total. The molecular weight excluding hydrogens is 370 g/mol. The van der Waals surface area contributed by atoms with Crippen LogP contribution in [0.25, 0.3) is 0 Å². The number of fused-ring (bicyclic) bond motifs is 1. The molecule has 0 spiro atoms. The van der Waals surface area contributed by atoms with Crippen LogP contribution in [-0.2, 0) is 11.4 Å². The van der Waals surface area contributed by atoms with Gasteiger partial charge in [0.1, 0.15) is 18.5 Å². The summed E-state index contributed by atoms with van der Waals surface area (Å²) in [5, 5.41) is 13.0. The normalized spacial score (nSPS) is 18.7. The zero-order valence-corrected chi connectivity index (χ0v) is 16.3. The minimum atomic E-state index is -1.13. The van der Waals surface area contributed by atoms with E-state index in [0.29, 0.717) is 12.3 Å². The van der Waals surface area contributed by atoms with Crippen LogP contribution in [0.2, 0.25) is 0 Å². The lowest BCUT2D eigenvalue weighted by atomic mass is 10.1. The second-order valence-corrected chi connectivity index (χ2v) is 8.00. The van der Waals surface area contributed by atoms with Gasteiger partial charge in [-0.15, -0.1) is 11.8 Å². The number of hydrogen-bond acceptors (Lipinski definition) is 4. The van der Waals surface area contributed by atoms with Crippen molar-refractivity contribution in [3.63, 3.8) is 0 Å². The first-order valence-corrected chi connectivity index (χ1v) is 10.0. The predicted octanol–water partition coefficient (Wildman–Crippen LogP) is 4.72. The SMILES string of the molecule is Cc1ccc([C@H]2Sc3cc(OCc4ccccc4)ccc3NC(=O)[C@H]2O)cc1. The van der Waals surface area contributed by atoms with Crippen molar-refractivity contribution in [2.45, 2.75) is 29.8 Å². The van der Waals surface area contributed by atoms with Crippen molar-refractivity contribution in [1.29, 1.82) is 0 Å². The van der Waals surface area contributed by atoms with Crippen molar-refractivity contribution in [3.8, 4) is 5.75 Å². The van der Waals surface area contributed by atoms with Gasteiger partial charge >= 0.3 is 0 Å². The van der Waals surface area contributed by atoms with E-state index in [1.165, 1.54) is 11.8 Å². The van der Waals surface area contributed by atoms with Crippen molar-refractivity contribution in [2.75, 3.05) is 5.32 Å². The van der Waals surface area contributed by atoms with Gasteiger partial charge in [-0.3, -0.25) is 4.79 Å². The number of benzene rings is 3. The first kappa shape index (κ1) is 18.6. The van der Waals surface area contributed by atoms with Crippen molar-refractivity contribution < 1.29 is 14.6 Å². The highest BCUT2D eigenvalue weighted by Crippen LogP contribution is 2.45. The molecule has 4 rings (SSSR count). The zero-order valence-electron chi connectivity index (χ0n) is 15.5. The molecule has 2 atom stereocenters. The van der Waals surface area contributed by atoms with Crippen molar-refractivity contribution in [2.24, 2.45) is 0 Å². The molecule has 1 aliphatic rings. The van der Waals surface area contributed by atoms with Gasteiger partial charge in [-0.1, -0.05) is 60.2 Å².